The molecule has 1 unspecified atom stereocenters. The van der Waals surface area contributed by atoms with E-state index in [2.05, 4.69) is 32.1 Å². The second-order valence-electron chi connectivity index (χ2n) is 4.98. The molecule has 0 bridgehead atoms. The van der Waals surface area contributed by atoms with Gasteiger partial charge in [0.2, 0.25) is 0 Å². The standard InChI is InChI=1S/C18H20O/c1-14(12-17-11-7-6-8-15(17)2)13-18(19)16-9-4-3-5-10-16/h3-12,18-19H,13H2,1-2H3. The van der Waals surface area contributed by atoms with Gasteiger partial charge in [-0.05, 0) is 37.0 Å². The molecule has 0 saturated carbocycles. The number of rotatable bonds is 4. The van der Waals surface area contributed by atoms with Crippen molar-refractivity contribution >= 4 is 6.08 Å². The molecule has 19 heavy (non-hydrogen) atoms. The summed E-state index contributed by atoms with van der Waals surface area (Å²) in [7, 11) is 0. The molecule has 0 radical (unpaired) electrons. The van der Waals surface area contributed by atoms with Crippen LogP contribution in [0.15, 0.2) is 60.2 Å². The van der Waals surface area contributed by atoms with E-state index >= 15 is 0 Å². The third-order valence-corrected chi connectivity index (χ3v) is 3.29. The van der Waals surface area contributed by atoms with Gasteiger partial charge in [0.1, 0.15) is 0 Å². The van der Waals surface area contributed by atoms with Gasteiger partial charge in [-0.3, -0.25) is 0 Å². The molecule has 1 N–H and O–H groups in total. The smallest absolute Gasteiger partial charge is 0.0827 e. The molecule has 2 rings (SSSR count). The highest BCUT2D eigenvalue weighted by Gasteiger charge is 2.07. The number of aryl methyl sites for hydroxylation is 1. The van der Waals surface area contributed by atoms with E-state index in [1.165, 1.54) is 16.7 Å². The minimum atomic E-state index is -0.429. The van der Waals surface area contributed by atoms with Crippen molar-refractivity contribution in [1.82, 2.24) is 0 Å². The summed E-state index contributed by atoms with van der Waals surface area (Å²) < 4.78 is 0. The lowest BCUT2D eigenvalue weighted by atomic mass is 9.99. The Bertz CT molecular complexity index is 555. The van der Waals surface area contributed by atoms with Crippen molar-refractivity contribution in [2.75, 3.05) is 0 Å². The molecular formula is C18H20O. The molecule has 1 atom stereocenters. The van der Waals surface area contributed by atoms with E-state index in [0.717, 1.165) is 5.56 Å². The van der Waals surface area contributed by atoms with Crippen LogP contribution < -0.4 is 0 Å². The molecule has 2 aromatic rings. The molecule has 2 aromatic carbocycles. The fourth-order valence-corrected chi connectivity index (χ4v) is 2.17. The third-order valence-electron chi connectivity index (χ3n) is 3.29. The molecule has 0 aliphatic carbocycles. The summed E-state index contributed by atoms with van der Waals surface area (Å²) in [6.45, 7) is 4.17. The normalized spacial score (nSPS) is 13.3. The number of hydrogen-bond donors (Lipinski definition) is 1. The molecule has 0 spiro atoms. The highest BCUT2D eigenvalue weighted by Crippen LogP contribution is 2.22. The Morgan fingerprint density at radius 1 is 1.05 bits per heavy atom. The fourth-order valence-electron chi connectivity index (χ4n) is 2.17. The molecule has 0 saturated heterocycles. The Hall–Kier alpha value is -1.86. The van der Waals surface area contributed by atoms with Crippen LogP contribution in [0.25, 0.3) is 6.08 Å². The second-order valence-corrected chi connectivity index (χ2v) is 4.98. The van der Waals surface area contributed by atoms with Gasteiger partial charge in [0, 0.05) is 0 Å². The first kappa shape index (κ1) is 13.6. The number of aliphatic hydroxyl groups excluding tert-OH is 1. The van der Waals surface area contributed by atoms with E-state index in [0.29, 0.717) is 6.42 Å². The number of hydrogen-bond acceptors (Lipinski definition) is 1. The quantitative estimate of drug-likeness (QED) is 0.848. The van der Waals surface area contributed by atoms with Crippen LogP contribution in [0.3, 0.4) is 0 Å². The lowest BCUT2D eigenvalue weighted by Crippen LogP contribution is -1.97. The second kappa shape index (κ2) is 6.35. The zero-order valence-electron chi connectivity index (χ0n) is 11.5. The van der Waals surface area contributed by atoms with Crippen LogP contribution in [0, 0.1) is 6.92 Å². The van der Waals surface area contributed by atoms with Crippen LogP contribution in [0.4, 0.5) is 0 Å². The number of aliphatic hydroxyl groups is 1. The molecule has 0 amide bonds. The highest BCUT2D eigenvalue weighted by molar-refractivity contribution is 5.56. The first-order valence-corrected chi connectivity index (χ1v) is 6.62. The maximum absolute atomic E-state index is 10.2. The van der Waals surface area contributed by atoms with Gasteiger partial charge in [0.15, 0.2) is 0 Å². The number of benzene rings is 2. The van der Waals surface area contributed by atoms with Crippen LogP contribution in [0.2, 0.25) is 0 Å². The van der Waals surface area contributed by atoms with Gasteiger partial charge in [-0.15, -0.1) is 0 Å². The first-order chi connectivity index (χ1) is 9.16. The highest BCUT2D eigenvalue weighted by atomic mass is 16.3. The molecule has 0 heterocycles. The molecule has 0 aliphatic heterocycles. The average molecular weight is 252 g/mol. The van der Waals surface area contributed by atoms with E-state index in [1.807, 2.05) is 42.5 Å². The predicted octanol–water partition coefficient (Wildman–Crippen LogP) is 4.52. The largest absolute Gasteiger partial charge is 0.388 e. The Morgan fingerprint density at radius 2 is 1.68 bits per heavy atom. The summed E-state index contributed by atoms with van der Waals surface area (Å²) in [5.41, 5.74) is 4.64. The molecule has 1 nitrogen and oxygen atoms in total. The van der Waals surface area contributed by atoms with Gasteiger partial charge in [-0.25, -0.2) is 0 Å². The van der Waals surface area contributed by atoms with Gasteiger partial charge in [-0.2, -0.15) is 0 Å². The molecule has 0 aromatic heterocycles. The van der Waals surface area contributed by atoms with Gasteiger partial charge in [0.25, 0.3) is 0 Å². The maximum atomic E-state index is 10.2. The SMILES string of the molecule is CC(=Cc1ccccc1C)CC(O)c1ccccc1. The van der Waals surface area contributed by atoms with E-state index in [-0.39, 0.29) is 0 Å². The summed E-state index contributed by atoms with van der Waals surface area (Å²) in [5, 5.41) is 10.2. The predicted molar refractivity (Wildman–Crippen MR) is 80.8 cm³/mol. The van der Waals surface area contributed by atoms with Crippen molar-refractivity contribution in [2.45, 2.75) is 26.4 Å². The zero-order chi connectivity index (χ0) is 13.7. The summed E-state index contributed by atoms with van der Waals surface area (Å²) >= 11 is 0. The molecule has 1 heteroatoms. The Labute approximate surface area is 115 Å². The summed E-state index contributed by atoms with van der Waals surface area (Å²) in [6, 6.07) is 18.1. The van der Waals surface area contributed by atoms with Crippen LogP contribution in [-0.4, -0.2) is 5.11 Å². The van der Waals surface area contributed by atoms with E-state index in [9.17, 15) is 5.11 Å². The molecule has 0 fully saturated rings. The molecule has 98 valence electrons. The van der Waals surface area contributed by atoms with Gasteiger partial charge in [0.05, 0.1) is 6.10 Å². The lowest BCUT2D eigenvalue weighted by molar-refractivity contribution is 0.178. The first-order valence-electron chi connectivity index (χ1n) is 6.62. The van der Waals surface area contributed by atoms with Crippen molar-refractivity contribution in [3.05, 3.63) is 76.9 Å². The Balaban J connectivity index is 2.09. The minimum Gasteiger partial charge on any atom is -0.388 e. The molecule has 0 aliphatic rings. The van der Waals surface area contributed by atoms with Crippen LogP contribution >= 0.6 is 0 Å². The van der Waals surface area contributed by atoms with Crippen LogP contribution in [0.5, 0.6) is 0 Å². The summed E-state index contributed by atoms with van der Waals surface area (Å²) in [5.74, 6) is 0. The van der Waals surface area contributed by atoms with E-state index < -0.39 is 6.10 Å². The summed E-state index contributed by atoms with van der Waals surface area (Å²) in [4.78, 5) is 0. The average Bonchev–Trinajstić information content (AvgIpc) is 2.42. The van der Waals surface area contributed by atoms with Crippen molar-refractivity contribution in [2.24, 2.45) is 0 Å². The monoisotopic (exact) mass is 252 g/mol. The minimum absolute atomic E-state index is 0.429. The summed E-state index contributed by atoms with van der Waals surface area (Å²) in [6.07, 6.45) is 2.39. The van der Waals surface area contributed by atoms with Crippen molar-refractivity contribution in [3.63, 3.8) is 0 Å². The Morgan fingerprint density at radius 3 is 2.37 bits per heavy atom. The Kier molecular flexibility index (Phi) is 4.53. The van der Waals surface area contributed by atoms with Crippen molar-refractivity contribution in [1.29, 1.82) is 0 Å². The van der Waals surface area contributed by atoms with E-state index in [4.69, 9.17) is 0 Å². The van der Waals surface area contributed by atoms with Gasteiger partial charge < -0.3 is 5.11 Å². The zero-order valence-corrected chi connectivity index (χ0v) is 11.5. The third kappa shape index (κ3) is 3.80. The van der Waals surface area contributed by atoms with Crippen molar-refractivity contribution in [3.8, 4) is 0 Å². The fraction of sp³-hybridized carbons (Fsp3) is 0.222. The van der Waals surface area contributed by atoms with Gasteiger partial charge >= 0.3 is 0 Å². The topological polar surface area (TPSA) is 20.2 Å². The van der Waals surface area contributed by atoms with Gasteiger partial charge in [-0.1, -0.05) is 66.2 Å². The van der Waals surface area contributed by atoms with Crippen molar-refractivity contribution < 1.29 is 5.11 Å². The van der Waals surface area contributed by atoms with E-state index in [1.54, 1.807) is 0 Å². The molecular weight excluding hydrogens is 232 g/mol. The van der Waals surface area contributed by atoms with Crippen LogP contribution in [-0.2, 0) is 0 Å². The van der Waals surface area contributed by atoms with Crippen LogP contribution in [0.1, 0.15) is 36.1 Å². The lowest BCUT2D eigenvalue weighted by Gasteiger charge is -2.11. The maximum Gasteiger partial charge on any atom is 0.0827 e.